The highest BCUT2D eigenvalue weighted by atomic mass is 32.2. The second-order valence-electron chi connectivity index (χ2n) is 3.94. The van der Waals surface area contributed by atoms with Crippen molar-refractivity contribution in [1.82, 2.24) is 5.32 Å². The average molecular weight is 294 g/mol. The largest absolute Gasteiger partial charge is 0.446 e. The van der Waals surface area contributed by atoms with Crippen molar-refractivity contribution >= 4 is 11.8 Å². The molecule has 0 radical (unpaired) electrons. The van der Waals surface area contributed by atoms with Crippen molar-refractivity contribution < 1.29 is 18.3 Å². The second-order valence-corrected chi connectivity index (χ2v) is 5.07. The summed E-state index contributed by atoms with van der Waals surface area (Å²) in [5.41, 5.74) is 2.19. The normalized spacial score (nSPS) is 13.5. The molecular formula is C12H17F3N2OS. The lowest BCUT2D eigenvalue weighted by Gasteiger charge is -2.17. The number of alkyl halides is 3. The summed E-state index contributed by atoms with van der Waals surface area (Å²) in [4.78, 5) is 0.155. The van der Waals surface area contributed by atoms with Gasteiger partial charge >= 0.3 is 5.51 Å². The van der Waals surface area contributed by atoms with Gasteiger partial charge in [-0.25, -0.2) is 0 Å². The molecule has 1 rings (SSSR count). The molecule has 0 spiro atoms. The van der Waals surface area contributed by atoms with Crippen LogP contribution in [0, 0.1) is 0 Å². The molecule has 19 heavy (non-hydrogen) atoms. The van der Waals surface area contributed by atoms with Gasteiger partial charge in [-0.15, -0.1) is 0 Å². The predicted molar refractivity (Wildman–Crippen MR) is 69.9 cm³/mol. The summed E-state index contributed by atoms with van der Waals surface area (Å²) in [7, 11) is 0. The third-order valence-electron chi connectivity index (χ3n) is 2.48. The maximum absolute atomic E-state index is 12.2. The Labute approximate surface area is 114 Å². The summed E-state index contributed by atoms with van der Waals surface area (Å²) >= 11 is -0.134. The van der Waals surface area contributed by atoms with Crippen LogP contribution in [0.5, 0.6) is 0 Å². The van der Waals surface area contributed by atoms with E-state index in [2.05, 4.69) is 5.32 Å². The molecule has 1 unspecified atom stereocenters. The van der Waals surface area contributed by atoms with E-state index in [0.717, 1.165) is 5.56 Å². The topological polar surface area (TPSA) is 58.3 Å². The molecule has 1 aromatic carbocycles. The Bertz CT molecular complexity index is 370. The number of benzene rings is 1. The molecule has 0 bridgehead atoms. The van der Waals surface area contributed by atoms with Crippen LogP contribution in [0.1, 0.15) is 18.0 Å². The highest BCUT2D eigenvalue weighted by Gasteiger charge is 2.29. The smallest absolute Gasteiger partial charge is 0.396 e. The van der Waals surface area contributed by atoms with Crippen molar-refractivity contribution in [1.29, 1.82) is 0 Å². The molecule has 0 fully saturated rings. The number of nitrogens with two attached hydrogens (primary N) is 1. The molecule has 0 aliphatic carbocycles. The lowest BCUT2D eigenvalue weighted by Crippen LogP contribution is -2.29. The van der Waals surface area contributed by atoms with Gasteiger partial charge in [0, 0.05) is 24.1 Å². The molecule has 4 N–H and O–H groups in total. The minimum Gasteiger partial charge on any atom is -0.396 e. The number of thioether (sulfide) groups is 1. The molecular weight excluding hydrogens is 277 g/mol. The fourth-order valence-electron chi connectivity index (χ4n) is 1.59. The van der Waals surface area contributed by atoms with Crippen molar-refractivity contribution in [2.45, 2.75) is 22.9 Å². The molecule has 0 aliphatic rings. The van der Waals surface area contributed by atoms with Crippen molar-refractivity contribution in [2.24, 2.45) is 5.73 Å². The van der Waals surface area contributed by atoms with Crippen molar-refractivity contribution in [3.05, 3.63) is 29.8 Å². The van der Waals surface area contributed by atoms with E-state index in [1.54, 1.807) is 12.1 Å². The Balaban J connectivity index is 2.62. The molecule has 0 saturated heterocycles. The van der Waals surface area contributed by atoms with E-state index >= 15 is 0 Å². The first-order valence-electron chi connectivity index (χ1n) is 5.86. The number of nitrogens with one attached hydrogen (secondary N) is 1. The van der Waals surface area contributed by atoms with Crippen LogP contribution in [0.4, 0.5) is 13.2 Å². The number of aliphatic hydroxyl groups is 1. The zero-order chi connectivity index (χ0) is 14.3. The van der Waals surface area contributed by atoms with E-state index in [9.17, 15) is 13.2 Å². The first-order valence-corrected chi connectivity index (χ1v) is 6.68. The van der Waals surface area contributed by atoms with Crippen LogP contribution < -0.4 is 11.1 Å². The number of rotatable bonds is 7. The predicted octanol–water partition coefficient (Wildman–Crippen LogP) is 2.27. The van der Waals surface area contributed by atoms with Gasteiger partial charge in [0.2, 0.25) is 0 Å². The van der Waals surface area contributed by atoms with E-state index in [4.69, 9.17) is 10.8 Å². The van der Waals surface area contributed by atoms with Crippen LogP contribution in [-0.4, -0.2) is 30.3 Å². The van der Waals surface area contributed by atoms with Gasteiger partial charge in [0.15, 0.2) is 0 Å². The number of aliphatic hydroxyl groups excluding tert-OH is 1. The first-order chi connectivity index (χ1) is 8.96. The average Bonchev–Trinajstić information content (AvgIpc) is 2.34. The van der Waals surface area contributed by atoms with E-state index < -0.39 is 5.51 Å². The Morgan fingerprint density at radius 3 is 2.37 bits per heavy atom. The molecule has 0 aliphatic heterocycles. The van der Waals surface area contributed by atoms with E-state index in [0.29, 0.717) is 19.5 Å². The molecule has 7 heteroatoms. The van der Waals surface area contributed by atoms with Gasteiger partial charge in [-0.2, -0.15) is 13.2 Å². The summed E-state index contributed by atoms with van der Waals surface area (Å²) < 4.78 is 36.5. The zero-order valence-electron chi connectivity index (χ0n) is 10.3. The highest BCUT2D eigenvalue weighted by molar-refractivity contribution is 8.00. The lowest BCUT2D eigenvalue weighted by molar-refractivity contribution is -0.0328. The molecule has 0 amide bonds. The zero-order valence-corrected chi connectivity index (χ0v) is 11.1. The summed E-state index contributed by atoms with van der Waals surface area (Å²) in [6.45, 7) is 1.04. The fraction of sp³-hybridized carbons (Fsp3) is 0.500. The summed E-state index contributed by atoms with van der Waals surface area (Å²) in [6.07, 6.45) is 0.610. The molecule has 0 aromatic heterocycles. The third kappa shape index (κ3) is 6.29. The van der Waals surface area contributed by atoms with Gasteiger partial charge in [-0.1, -0.05) is 12.1 Å². The lowest BCUT2D eigenvalue weighted by atomic mass is 10.1. The SMILES string of the molecule is NCC(NCCCO)c1ccc(SC(F)(F)F)cc1. The number of halogens is 3. The van der Waals surface area contributed by atoms with Crippen molar-refractivity contribution in [3.63, 3.8) is 0 Å². The monoisotopic (exact) mass is 294 g/mol. The fourth-order valence-corrected chi connectivity index (χ4v) is 2.13. The minimum atomic E-state index is -4.27. The van der Waals surface area contributed by atoms with Crippen LogP contribution in [0.15, 0.2) is 29.2 Å². The Hall–Kier alpha value is -0.760. The molecule has 0 saturated carbocycles. The highest BCUT2D eigenvalue weighted by Crippen LogP contribution is 2.36. The van der Waals surface area contributed by atoms with Gasteiger partial charge in [0.25, 0.3) is 0 Å². The summed E-state index contributed by atoms with van der Waals surface area (Å²) in [5, 5.41) is 11.8. The van der Waals surface area contributed by atoms with Crippen molar-refractivity contribution in [3.8, 4) is 0 Å². The Kier molecular flexibility index (Phi) is 6.64. The third-order valence-corrected chi connectivity index (χ3v) is 3.22. The van der Waals surface area contributed by atoms with Crippen LogP contribution in [0.3, 0.4) is 0 Å². The van der Waals surface area contributed by atoms with Crippen LogP contribution in [0.2, 0.25) is 0 Å². The summed E-state index contributed by atoms with van der Waals surface area (Å²) in [5.74, 6) is 0. The number of hydrogen-bond donors (Lipinski definition) is 3. The van der Waals surface area contributed by atoms with Crippen LogP contribution >= 0.6 is 11.8 Å². The second kappa shape index (κ2) is 7.74. The van der Waals surface area contributed by atoms with E-state index in [1.165, 1.54) is 12.1 Å². The minimum absolute atomic E-state index is 0.0887. The number of hydrogen-bond acceptors (Lipinski definition) is 4. The quantitative estimate of drug-likeness (QED) is 0.533. The van der Waals surface area contributed by atoms with Gasteiger partial charge in [-0.05, 0) is 42.4 Å². The summed E-state index contributed by atoms with van der Waals surface area (Å²) in [6, 6.07) is 6.03. The van der Waals surface area contributed by atoms with Gasteiger partial charge in [0.1, 0.15) is 0 Å². The standard InChI is InChI=1S/C12H17F3N2OS/c13-12(14,15)19-10-4-2-9(3-5-10)11(8-16)17-6-1-7-18/h2-5,11,17-18H,1,6-8,16H2. The van der Waals surface area contributed by atoms with Crippen LogP contribution in [0.25, 0.3) is 0 Å². The maximum Gasteiger partial charge on any atom is 0.446 e. The Morgan fingerprint density at radius 2 is 1.89 bits per heavy atom. The van der Waals surface area contributed by atoms with Gasteiger partial charge < -0.3 is 16.2 Å². The molecule has 108 valence electrons. The first kappa shape index (κ1) is 16.3. The maximum atomic E-state index is 12.2. The van der Waals surface area contributed by atoms with Crippen LogP contribution in [-0.2, 0) is 0 Å². The molecule has 1 aromatic rings. The molecule has 1 atom stereocenters. The molecule has 0 heterocycles. The van der Waals surface area contributed by atoms with E-state index in [1.807, 2.05) is 0 Å². The molecule has 3 nitrogen and oxygen atoms in total. The van der Waals surface area contributed by atoms with E-state index in [-0.39, 0.29) is 29.3 Å². The van der Waals surface area contributed by atoms with Gasteiger partial charge in [0.05, 0.1) is 0 Å². The Morgan fingerprint density at radius 1 is 1.26 bits per heavy atom. The van der Waals surface area contributed by atoms with Crippen molar-refractivity contribution in [2.75, 3.05) is 19.7 Å². The van der Waals surface area contributed by atoms with Gasteiger partial charge in [-0.3, -0.25) is 0 Å².